The van der Waals surface area contributed by atoms with Crippen molar-refractivity contribution in [2.75, 3.05) is 0 Å². The van der Waals surface area contributed by atoms with Crippen LogP contribution >= 0.6 is 0 Å². The predicted octanol–water partition coefficient (Wildman–Crippen LogP) is 9.28. The fraction of sp³-hybridized carbons (Fsp3) is 0.667. The minimum absolute atomic E-state index is 0.130. The first kappa shape index (κ1) is 22.8. The van der Waals surface area contributed by atoms with E-state index in [2.05, 4.69) is 50.3 Å². The number of benzene rings is 1. The van der Waals surface area contributed by atoms with E-state index in [0.717, 1.165) is 24.7 Å². The van der Waals surface area contributed by atoms with Crippen LogP contribution in [0.1, 0.15) is 114 Å². The first-order valence-corrected chi connectivity index (χ1v) is 13.3. The second-order valence-corrected chi connectivity index (χ2v) is 10.7. The van der Waals surface area contributed by atoms with Crippen molar-refractivity contribution in [2.24, 2.45) is 17.8 Å². The molecule has 0 bridgehead atoms. The third-order valence-electron chi connectivity index (χ3n) is 8.73. The Morgan fingerprint density at radius 3 is 1.97 bits per heavy atom. The quantitative estimate of drug-likeness (QED) is 0.410. The van der Waals surface area contributed by atoms with Crippen molar-refractivity contribution in [3.63, 3.8) is 0 Å². The molecule has 0 heterocycles. The molecule has 1 aromatic rings. The maximum Gasteiger partial charge on any atom is 0.142 e. The number of alkyl halides is 1. The number of hydrogen-bond acceptors (Lipinski definition) is 0. The lowest BCUT2D eigenvalue weighted by molar-refractivity contribution is 0.0730. The van der Waals surface area contributed by atoms with E-state index >= 15 is 4.39 Å². The maximum atomic E-state index is 16.9. The van der Waals surface area contributed by atoms with Crippen molar-refractivity contribution in [2.45, 2.75) is 108 Å². The summed E-state index contributed by atoms with van der Waals surface area (Å²) < 4.78 is 16.9. The molecule has 0 radical (unpaired) electrons. The highest BCUT2D eigenvalue weighted by atomic mass is 19.1. The van der Waals surface area contributed by atoms with Gasteiger partial charge in [-0.25, -0.2) is 4.39 Å². The summed E-state index contributed by atoms with van der Waals surface area (Å²) in [7, 11) is 0. The molecule has 0 N–H and O–H groups in total. The minimum Gasteiger partial charge on any atom is -0.238 e. The van der Waals surface area contributed by atoms with Crippen LogP contribution in [0.3, 0.4) is 0 Å². The van der Waals surface area contributed by atoms with Crippen LogP contribution in [-0.4, -0.2) is 5.67 Å². The van der Waals surface area contributed by atoms with E-state index in [1.807, 2.05) is 12.2 Å². The molecule has 2 atom stereocenters. The van der Waals surface area contributed by atoms with Crippen molar-refractivity contribution in [1.29, 1.82) is 0 Å². The monoisotopic (exact) mass is 422 g/mol. The van der Waals surface area contributed by atoms with Gasteiger partial charge in [-0.15, -0.1) is 0 Å². The summed E-state index contributed by atoms with van der Waals surface area (Å²) in [6.07, 6.45) is 23.1. The maximum absolute atomic E-state index is 16.9. The topological polar surface area (TPSA) is 0 Å². The Labute approximate surface area is 190 Å². The second kappa shape index (κ2) is 10.5. The summed E-state index contributed by atoms with van der Waals surface area (Å²) in [6.45, 7) is 4.58. The van der Waals surface area contributed by atoms with E-state index in [1.54, 1.807) is 0 Å². The zero-order valence-electron chi connectivity index (χ0n) is 19.9. The molecule has 4 rings (SSSR count). The van der Waals surface area contributed by atoms with Crippen LogP contribution in [0.25, 0.3) is 0 Å². The molecule has 3 aliphatic rings. The molecule has 2 unspecified atom stereocenters. The summed E-state index contributed by atoms with van der Waals surface area (Å²) in [5, 5.41) is 0. The highest BCUT2D eigenvalue weighted by Crippen LogP contribution is 2.51. The second-order valence-electron chi connectivity index (χ2n) is 10.7. The Balaban J connectivity index is 1.54. The Morgan fingerprint density at radius 1 is 0.774 bits per heavy atom. The van der Waals surface area contributed by atoms with E-state index in [1.165, 1.54) is 75.3 Å². The molecule has 2 saturated carbocycles. The van der Waals surface area contributed by atoms with Crippen LogP contribution in [0.2, 0.25) is 0 Å². The zero-order valence-corrected chi connectivity index (χ0v) is 19.9. The summed E-state index contributed by atoms with van der Waals surface area (Å²) in [6, 6.07) is 8.85. The lowest BCUT2D eigenvalue weighted by atomic mass is 9.64. The van der Waals surface area contributed by atoms with Gasteiger partial charge in [-0.2, -0.15) is 0 Å². The molecule has 3 aliphatic carbocycles. The van der Waals surface area contributed by atoms with Crippen molar-refractivity contribution in [3.05, 3.63) is 59.7 Å². The van der Waals surface area contributed by atoms with Gasteiger partial charge in [0.2, 0.25) is 0 Å². The van der Waals surface area contributed by atoms with Gasteiger partial charge in [-0.1, -0.05) is 94.9 Å². The molecule has 31 heavy (non-hydrogen) atoms. The number of rotatable bonds is 7. The van der Waals surface area contributed by atoms with E-state index in [9.17, 15) is 0 Å². The van der Waals surface area contributed by atoms with Crippen molar-refractivity contribution < 1.29 is 4.39 Å². The predicted molar refractivity (Wildman–Crippen MR) is 131 cm³/mol. The van der Waals surface area contributed by atoms with Crippen molar-refractivity contribution in [1.82, 2.24) is 0 Å². The van der Waals surface area contributed by atoms with Crippen LogP contribution in [0.5, 0.6) is 0 Å². The van der Waals surface area contributed by atoms with E-state index < -0.39 is 5.67 Å². The molecule has 0 spiro atoms. The average molecular weight is 423 g/mol. The molecular formula is C30H43F. The Kier molecular flexibility index (Phi) is 7.72. The van der Waals surface area contributed by atoms with E-state index in [4.69, 9.17) is 0 Å². The highest BCUT2D eigenvalue weighted by Gasteiger charge is 2.46. The number of allylic oxidation sites excluding steroid dienone is 4. The molecular weight excluding hydrogens is 379 g/mol. The van der Waals surface area contributed by atoms with Crippen LogP contribution in [0.4, 0.5) is 4.39 Å². The van der Waals surface area contributed by atoms with Crippen molar-refractivity contribution >= 4 is 0 Å². The van der Waals surface area contributed by atoms with Gasteiger partial charge in [-0.05, 0) is 79.4 Å². The number of hydrogen-bond donors (Lipinski definition) is 0. The van der Waals surface area contributed by atoms with Crippen LogP contribution < -0.4 is 0 Å². The first-order chi connectivity index (χ1) is 15.2. The summed E-state index contributed by atoms with van der Waals surface area (Å²) in [4.78, 5) is 0. The first-order valence-electron chi connectivity index (χ1n) is 13.3. The van der Waals surface area contributed by atoms with Gasteiger partial charge in [0.1, 0.15) is 5.67 Å². The van der Waals surface area contributed by atoms with Crippen LogP contribution in [0.15, 0.2) is 48.6 Å². The smallest absolute Gasteiger partial charge is 0.142 e. The average Bonchev–Trinajstić information content (AvgIpc) is 2.81. The molecule has 2 fully saturated rings. The van der Waals surface area contributed by atoms with E-state index in [-0.39, 0.29) is 11.8 Å². The lowest BCUT2D eigenvalue weighted by Crippen LogP contribution is -2.40. The van der Waals surface area contributed by atoms with E-state index in [0.29, 0.717) is 5.92 Å². The molecule has 0 nitrogen and oxygen atoms in total. The SMILES string of the molecule is CCC[C@H]1CC[C@H](c2ccccc2C2C=CC=CC2(F)[C@H]2CC[C@H](CCC)CC2)CC1. The van der Waals surface area contributed by atoms with Crippen LogP contribution in [0, 0.1) is 17.8 Å². The van der Waals surface area contributed by atoms with Gasteiger partial charge in [0.15, 0.2) is 0 Å². The third kappa shape index (κ3) is 5.01. The summed E-state index contributed by atoms with van der Waals surface area (Å²) >= 11 is 0. The van der Waals surface area contributed by atoms with Gasteiger partial charge >= 0.3 is 0 Å². The van der Waals surface area contributed by atoms with Gasteiger partial charge in [0.25, 0.3) is 0 Å². The normalized spacial score (nSPS) is 35.9. The molecule has 0 amide bonds. The highest BCUT2D eigenvalue weighted by molar-refractivity contribution is 5.42. The fourth-order valence-corrected chi connectivity index (χ4v) is 7.00. The zero-order chi connectivity index (χ0) is 21.7. The number of halogens is 1. The van der Waals surface area contributed by atoms with Gasteiger partial charge in [-0.3, -0.25) is 0 Å². The van der Waals surface area contributed by atoms with Gasteiger partial charge in [0.05, 0.1) is 0 Å². The third-order valence-corrected chi connectivity index (χ3v) is 8.73. The standard InChI is InChI=1S/C30H43F/c1-3-9-23-14-18-25(19-15-23)27-11-5-6-12-28(27)29-13-7-8-22-30(29,31)26-20-16-24(10-4-2)17-21-26/h5-8,11-13,22-26,29H,3-4,9-10,14-21H2,1-2H3/t23-,24-,25-,26-,29?,30?. The summed E-state index contributed by atoms with van der Waals surface area (Å²) in [5.41, 5.74) is 1.46. The largest absolute Gasteiger partial charge is 0.238 e. The Morgan fingerprint density at radius 2 is 1.35 bits per heavy atom. The summed E-state index contributed by atoms with van der Waals surface area (Å²) in [5.74, 6) is 2.35. The molecule has 170 valence electrons. The van der Waals surface area contributed by atoms with Crippen LogP contribution in [-0.2, 0) is 0 Å². The minimum atomic E-state index is -1.23. The lowest BCUT2D eigenvalue weighted by Gasteiger charge is -2.43. The molecule has 0 aromatic heterocycles. The van der Waals surface area contributed by atoms with Crippen molar-refractivity contribution in [3.8, 4) is 0 Å². The molecule has 1 heteroatoms. The Hall–Kier alpha value is -1.37. The Bertz CT molecular complexity index is 745. The fourth-order valence-electron chi connectivity index (χ4n) is 7.00. The molecule has 0 saturated heterocycles. The molecule has 1 aromatic carbocycles. The molecule has 0 aliphatic heterocycles. The van der Waals surface area contributed by atoms with Gasteiger partial charge in [0, 0.05) is 5.92 Å². The van der Waals surface area contributed by atoms with Gasteiger partial charge < -0.3 is 0 Å².